The molecule has 3 atom stereocenters. The van der Waals surface area contributed by atoms with Crippen molar-refractivity contribution in [2.45, 2.75) is 33.6 Å². The maximum Gasteiger partial charge on any atom is 0.0319 e. The van der Waals surface area contributed by atoms with Crippen LogP contribution in [0.2, 0.25) is 0 Å². The lowest BCUT2D eigenvalue weighted by Gasteiger charge is -2.26. The van der Waals surface area contributed by atoms with Crippen LogP contribution in [0.4, 0.5) is 0 Å². The van der Waals surface area contributed by atoms with Crippen LogP contribution in [0.5, 0.6) is 0 Å². The molecule has 2 fully saturated rings. The van der Waals surface area contributed by atoms with E-state index in [-0.39, 0.29) is 0 Å². The van der Waals surface area contributed by atoms with E-state index in [1.807, 2.05) is 0 Å². The van der Waals surface area contributed by atoms with Crippen molar-refractivity contribution in [3.05, 3.63) is 0 Å². The monoisotopic (exact) mass is 156 g/mol. The van der Waals surface area contributed by atoms with Crippen molar-refractivity contribution in [1.29, 1.82) is 0 Å². The first-order chi connectivity index (χ1) is 5.11. The van der Waals surface area contributed by atoms with Crippen LogP contribution in [0.1, 0.15) is 33.6 Å². The van der Waals surface area contributed by atoms with E-state index in [9.17, 15) is 0 Å². The number of rotatable bonds is 0. The third-order valence-electron chi connectivity index (χ3n) is 3.64. The molecule has 0 aromatic carbocycles. The third-order valence-corrected chi connectivity index (χ3v) is 3.64. The van der Waals surface area contributed by atoms with Gasteiger partial charge < -0.3 is 5.11 Å². The number of aliphatic hydroxyl groups is 1. The van der Waals surface area contributed by atoms with Gasteiger partial charge in [-0.3, -0.25) is 0 Å². The van der Waals surface area contributed by atoms with Gasteiger partial charge in [-0.2, -0.15) is 0 Å². The van der Waals surface area contributed by atoms with Gasteiger partial charge in [0, 0.05) is 7.11 Å². The van der Waals surface area contributed by atoms with Gasteiger partial charge in [0.05, 0.1) is 0 Å². The minimum absolute atomic E-state index is 0.674. The summed E-state index contributed by atoms with van der Waals surface area (Å²) in [5, 5.41) is 7.00. The smallest absolute Gasteiger partial charge is 0.0319 e. The van der Waals surface area contributed by atoms with E-state index >= 15 is 0 Å². The summed E-state index contributed by atoms with van der Waals surface area (Å²) in [6.07, 6.45) is 3.05. The molecule has 0 heterocycles. The van der Waals surface area contributed by atoms with E-state index < -0.39 is 0 Å². The van der Waals surface area contributed by atoms with Crippen molar-refractivity contribution in [3.63, 3.8) is 0 Å². The Balaban J connectivity index is 0.000000281. The third kappa shape index (κ3) is 1.44. The fraction of sp³-hybridized carbons (Fsp3) is 1.00. The zero-order valence-corrected chi connectivity index (χ0v) is 8.09. The molecular formula is C10H20O. The van der Waals surface area contributed by atoms with Crippen molar-refractivity contribution in [2.75, 3.05) is 7.11 Å². The zero-order chi connectivity index (χ0) is 8.65. The molecule has 3 unspecified atom stereocenters. The Morgan fingerprint density at radius 3 is 2.00 bits per heavy atom. The lowest BCUT2D eigenvalue weighted by atomic mass is 9.79. The van der Waals surface area contributed by atoms with Gasteiger partial charge in [-0.15, -0.1) is 0 Å². The Hall–Kier alpha value is -0.0400. The molecule has 2 aliphatic carbocycles. The van der Waals surface area contributed by atoms with Crippen LogP contribution in [0.15, 0.2) is 0 Å². The molecule has 0 aromatic rings. The molecule has 1 N–H and O–H groups in total. The molecule has 0 saturated heterocycles. The average molecular weight is 156 g/mol. The normalized spacial score (nSPS) is 43.9. The highest BCUT2D eigenvalue weighted by molar-refractivity contribution is 5.03. The van der Waals surface area contributed by atoms with Crippen LogP contribution in [0, 0.1) is 23.2 Å². The summed E-state index contributed by atoms with van der Waals surface area (Å²) in [5.74, 6) is 3.26. The molecule has 0 amide bonds. The van der Waals surface area contributed by atoms with Crippen molar-refractivity contribution < 1.29 is 5.11 Å². The number of hydrogen-bond acceptors (Lipinski definition) is 1. The highest BCUT2D eigenvalue weighted by Gasteiger charge is 2.54. The first-order valence-electron chi connectivity index (χ1n) is 4.56. The summed E-state index contributed by atoms with van der Waals surface area (Å²) >= 11 is 0. The van der Waals surface area contributed by atoms with E-state index in [0.717, 1.165) is 24.9 Å². The Morgan fingerprint density at radius 2 is 1.82 bits per heavy atom. The molecule has 66 valence electrons. The summed E-state index contributed by atoms with van der Waals surface area (Å²) in [5.41, 5.74) is 0.674. The second kappa shape index (κ2) is 2.78. The number of hydrogen-bond donors (Lipinski definition) is 1. The predicted molar refractivity (Wildman–Crippen MR) is 47.3 cm³/mol. The minimum Gasteiger partial charge on any atom is -0.400 e. The van der Waals surface area contributed by atoms with Crippen LogP contribution >= 0.6 is 0 Å². The standard InChI is InChI=1S/C9H16.CH4O/c1-6-8-4-7(8)5-9(6,2)3;1-2/h6-8H,4-5H2,1-3H3;2H,1H3. The van der Waals surface area contributed by atoms with Gasteiger partial charge in [-0.25, -0.2) is 0 Å². The van der Waals surface area contributed by atoms with Crippen molar-refractivity contribution in [2.24, 2.45) is 23.2 Å². The maximum atomic E-state index is 7.00. The van der Waals surface area contributed by atoms with Gasteiger partial charge in [0.1, 0.15) is 0 Å². The molecule has 11 heavy (non-hydrogen) atoms. The Bertz CT molecular complexity index is 140. The fourth-order valence-electron chi connectivity index (χ4n) is 2.56. The second-order valence-corrected chi connectivity index (χ2v) is 4.64. The lowest BCUT2D eigenvalue weighted by molar-refractivity contribution is 0.238. The number of aliphatic hydroxyl groups excluding tert-OH is 1. The van der Waals surface area contributed by atoms with Crippen LogP contribution < -0.4 is 0 Å². The van der Waals surface area contributed by atoms with Crippen LogP contribution in [0.3, 0.4) is 0 Å². The summed E-state index contributed by atoms with van der Waals surface area (Å²) in [7, 11) is 1.00. The molecule has 1 nitrogen and oxygen atoms in total. The van der Waals surface area contributed by atoms with Gasteiger partial charge in [0.2, 0.25) is 0 Å². The molecule has 2 rings (SSSR count). The maximum absolute atomic E-state index is 7.00. The fourth-order valence-corrected chi connectivity index (χ4v) is 2.56. The van der Waals surface area contributed by atoms with Crippen molar-refractivity contribution in [1.82, 2.24) is 0 Å². The molecular weight excluding hydrogens is 136 g/mol. The van der Waals surface area contributed by atoms with Gasteiger partial charge in [0.25, 0.3) is 0 Å². The van der Waals surface area contributed by atoms with E-state index in [4.69, 9.17) is 5.11 Å². The van der Waals surface area contributed by atoms with E-state index in [2.05, 4.69) is 20.8 Å². The predicted octanol–water partition coefficient (Wildman–Crippen LogP) is 2.30. The molecule has 0 bridgehead atoms. The Kier molecular flexibility index (Phi) is 2.29. The van der Waals surface area contributed by atoms with Gasteiger partial charge in [-0.05, 0) is 36.0 Å². The number of fused-ring (bicyclic) bond motifs is 1. The average Bonchev–Trinajstić information content (AvgIpc) is 2.65. The first-order valence-corrected chi connectivity index (χ1v) is 4.56. The summed E-state index contributed by atoms with van der Waals surface area (Å²) < 4.78 is 0. The molecule has 0 aromatic heterocycles. The quantitative estimate of drug-likeness (QED) is 0.570. The van der Waals surface area contributed by atoms with Crippen molar-refractivity contribution in [3.8, 4) is 0 Å². The van der Waals surface area contributed by atoms with E-state index in [1.54, 1.807) is 6.42 Å². The van der Waals surface area contributed by atoms with Gasteiger partial charge >= 0.3 is 0 Å². The Labute approximate surface area is 69.8 Å². The lowest BCUT2D eigenvalue weighted by Crippen LogP contribution is -2.17. The molecule has 1 heteroatoms. The zero-order valence-electron chi connectivity index (χ0n) is 8.09. The summed E-state index contributed by atoms with van der Waals surface area (Å²) in [6.45, 7) is 7.27. The first kappa shape index (κ1) is 9.05. The molecule has 0 radical (unpaired) electrons. The second-order valence-electron chi connectivity index (χ2n) is 4.64. The van der Waals surface area contributed by atoms with E-state index in [0.29, 0.717) is 5.41 Å². The van der Waals surface area contributed by atoms with Crippen LogP contribution in [0.25, 0.3) is 0 Å². The van der Waals surface area contributed by atoms with Crippen LogP contribution in [-0.4, -0.2) is 12.2 Å². The molecule has 2 aliphatic rings. The minimum atomic E-state index is 0.674. The van der Waals surface area contributed by atoms with Crippen molar-refractivity contribution >= 4 is 0 Å². The summed E-state index contributed by atoms with van der Waals surface area (Å²) in [6, 6.07) is 0. The molecule has 0 aliphatic heterocycles. The Morgan fingerprint density at radius 1 is 1.27 bits per heavy atom. The highest BCUT2D eigenvalue weighted by atomic mass is 16.2. The SMILES string of the molecule is CC1C2CC2CC1(C)C.CO. The van der Waals surface area contributed by atoms with Gasteiger partial charge in [-0.1, -0.05) is 20.8 Å². The molecule has 2 saturated carbocycles. The topological polar surface area (TPSA) is 20.2 Å². The highest BCUT2D eigenvalue weighted by Crippen LogP contribution is 2.62. The summed E-state index contributed by atoms with van der Waals surface area (Å²) in [4.78, 5) is 0. The van der Waals surface area contributed by atoms with Gasteiger partial charge in [0.15, 0.2) is 0 Å². The van der Waals surface area contributed by atoms with E-state index in [1.165, 1.54) is 6.42 Å². The largest absolute Gasteiger partial charge is 0.400 e. The van der Waals surface area contributed by atoms with Crippen LogP contribution in [-0.2, 0) is 0 Å². The molecule has 0 spiro atoms.